The van der Waals surface area contributed by atoms with Gasteiger partial charge in [-0.15, -0.1) is 0 Å². The second-order valence-corrected chi connectivity index (χ2v) is 23.9. The molecule has 0 fully saturated rings. The molecule has 0 aromatic rings. The molecule has 450 valence electrons. The number of hydrogen-bond acceptors (Lipinski definition) is 5. The number of aliphatic hydroxyl groups is 2. The van der Waals surface area contributed by atoms with Gasteiger partial charge >= 0.3 is 5.97 Å². The lowest BCUT2D eigenvalue weighted by Crippen LogP contribution is -2.45. The second kappa shape index (κ2) is 65.9. The van der Waals surface area contributed by atoms with Gasteiger partial charge in [-0.3, -0.25) is 9.59 Å². The molecule has 0 radical (unpaired) electrons. The van der Waals surface area contributed by atoms with Crippen LogP contribution >= 0.6 is 0 Å². The number of ether oxygens (including phenoxy) is 1. The number of amides is 1. The average Bonchev–Trinajstić information content (AvgIpc) is 3.42. The lowest BCUT2D eigenvalue weighted by atomic mass is 10.0. The van der Waals surface area contributed by atoms with Gasteiger partial charge in [-0.25, -0.2) is 0 Å². The fraction of sp³-hybridized carbons (Fsp3) is 0.914. The third-order valence-electron chi connectivity index (χ3n) is 16.3. The Morgan fingerprint density at radius 1 is 0.368 bits per heavy atom. The SMILES string of the molecule is CCCCC/C=C\C/C=C\CCCCCCCC(=O)OCCCCCCCCCCCCCCCCCCCCCCCCCCCCCCCCC(=O)N[C@@H](CO)[C@H](O)CCCCCCCCCCCCCCCC. The minimum atomic E-state index is -0.661. The standard InChI is InChI=1S/C70H135NO5/c1-3-5-7-9-11-13-15-17-35-40-44-48-52-56-60-64-70(75)76-65-61-57-53-49-45-41-37-34-32-30-28-26-24-22-20-19-21-23-25-27-29-31-33-36-39-43-47-51-55-59-63-69(74)71-67(66-72)68(73)62-58-54-50-46-42-38-18-16-14-12-10-8-6-4-2/h11,13,17,35,67-68,72-73H,3-10,12,14-16,18-34,36-66H2,1-2H3,(H,71,74)/b13-11-,35-17-/t67-,68+/m0/s1. The molecule has 6 heteroatoms. The smallest absolute Gasteiger partial charge is 0.305 e. The number of esters is 1. The van der Waals surface area contributed by atoms with E-state index in [1.807, 2.05) is 0 Å². The first-order valence-electron chi connectivity index (χ1n) is 34.6. The van der Waals surface area contributed by atoms with Gasteiger partial charge in [-0.1, -0.05) is 340 Å². The van der Waals surface area contributed by atoms with E-state index in [0.717, 1.165) is 51.4 Å². The minimum Gasteiger partial charge on any atom is -0.466 e. The van der Waals surface area contributed by atoms with E-state index >= 15 is 0 Å². The van der Waals surface area contributed by atoms with Crippen molar-refractivity contribution in [3.05, 3.63) is 24.3 Å². The van der Waals surface area contributed by atoms with Crippen molar-refractivity contribution in [2.45, 2.75) is 398 Å². The molecule has 0 aromatic carbocycles. The summed E-state index contributed by atoms with van der Waals surface area (Å²) in [5.41, 5.74) is 0. The molecular formula is C70H135NO5. The zero-order valence-electron chi connectivity index (χ0n) is 51.5. The van der Waals surface area contributed by atoms with E-state index in [4.69, 9.17) is 4.74 Å². The maximum absolute atomic E-state index is 12.5. The van der Waals surface area contributed by atoms with Crippen molar-refractivity contribution in [1.82, 2.24) is 5.32 Å². The Hall–Kier alpha value is -1.66. The van der Waals surface area contributed by atoms with Crippen LogP contribution in [0.2, 0.25) is 0 Å². The maximum Gasteiger partial charge on any atom is 0.305 e. The molecule has 6 nitrogen and oxygen atoms in total. The second-order valence-electron chi connectivity index (χ2n) is 23.9. The highest BCUT2D eigenvalue weighted by Crippen LogP contribution is 2.19. The Balaban J connectivity index is 3.32. The van der Waals surface area contributed by atoms with E-state index < -0.39 is 12.1 Å². The molecule has 0 saturated heterocycles. The van der Waals surface area contributed by atoms with Crippen molar-refractivity contribution in [3.8, 4) is 0 Å². The number of hydrogen-bond donors (Lipinski definition) is 3. The molecular weight excluding hydrogens is 935 g/mol. The van der Waals surface area contributed by atoms with Crippen LogP contribution in [0.15, 0.2) is 24.3 Å². The van der Waals surface area contributed by atoms with Crippen LogP contribution in [0.3, 0.4) is 0 Å². The summed E-state index contributed by atoms with van der Waals surface area (Å²) in [6.07, 6.45) is 82.3. The summed E-state index contributed by atoms with van der Waals surface area (Å²) in [4.78, 5) is 24.6. The van der Waals surface area contributed by atoms with E-state index in [-0.39, 0.29) is 18.5 Å². The van der Waals surface area contributed by atoms with Crippen molar-refractivity contribution in [2.24, 2.45) is 0 Å². The van der Waals surface area contributed by atoms with E-state index in [2.05, 4.69) is 43.5 Å². The molecule has 0 unspecified atom stereocenters. The van der Waals surface area contributed by atoms with Crippen LogP contribution in [0.5, 0.6) is 0 Å². The molecule has 0 rings (SSSR count). The topological polar surface area (TPSA) is 95.9 Å². The fourth-order valence-corrected chi connectivity index (χ4v) is 11.0. The lowest BCUT2D eigenvalue weighted by molar-refractivity contribution is -0.143. The van der Waals surface area contributed by atoms with Crippen molar-refractivity contribution >= 4 is 11.9 Å². The summed E-state index contributed by atoms with van der Waals surface area (Å²) < 4.78 is 5.49. The van der Waals surface area contributed by atoms with E-state index in [0.29, 0.717) is 25.9 Å². The third-order valence-corrected chi connectivity index (χ3v) is 16.3. The number of rotatable bonds is 65. The highest BCUT2D eigenvalue weighted by molar-refractivity contribution is 5.76. The molecule has 3 N–H and O–H groups in total. The summed E-state index contributed by atoms with van der Waals surface area (Å²) in [6, 6.07) is -0.538. The molecule has 0 aliphatic carbocycles. The maximum atomic E-state index is 12.5. The molecule has 0 aromatic heterocycles. The van der Waals surface area contributed by atoms with Crippen LogP contribution < -0.4 is 5.32 Å². The van der Waals surface area contributed by atoms with Gasteiger partial charge in [0.25, 0.3) is 0 Å². The van der Waals surface area contributed by atoms with Crippen molar-refractivity contribution < 1.29 is 24.5 Å². The number of carbonyl (C=O) groups is 2. The molecule has 76 heavy (non-hydrogen) atoms. The first-order valence-corrected chi connectivity index (χ1v) is 34.6. The van der Waals surface area contributed by atoms with Crippen molar-refractivity contribution in [3.63, 3.8) is 0 Å². The molecule has 0 heterocycles. The van der Waals surface area contributed by atoms with Crippen LogP contribution in [-0.2, 0) is 14.3 Å². The third kappa shape index (κ3) is 61.6. The minimum absolute atomic E-state index is 0.00656. The van der Waals surface area contributed by atoms with Crippen LogP contribution in [0, 0.1) is 0 Å². The number of unbranched alkanes of at least 4 members (excludes halogenated alkanes) is 50. The fourth-order valence-electron chi connectivity index (χ4n) is 11.0. The summed E-state index contributed by atoms with van der Waals surface area (Å²) >= 11 is 0. The van der Waals surface area contributed by atoms with E-state index in [1.54, 1.807) is 0 Å². The Morgan fingerprint density at radius 2 is 0.658 bits per heavy atom. The summed E-state index contributed by atoms with van der Waals surface area (Å²) in [5.74, 6) is -0.0222. The van der Waals surface area contributed by atoms with Crippen LogP contribution in [0.25, 0.3) is 0 Å². The number of nitrogens with one attached hydrogen (secondary N) is 1. The van der Waals surface area contributed by atoms with Crippen LogP contribution in [0.4, 0.5) is 0 Å². The first kappa shape index (κ1) is 74.3. The van der Waals surface area contributed by atoms with Gasteiger partial charge in [0.05, 0.1) is 25.4 Å². The van der Waals surface area contributed by atoms with Gasteiger partial charge in [0.15, 0.2) is 0 Å². The van der Waals surface area contributed by atoms with E-state index in [9.17, 15) is 19.8 Å². The summed E-state index contributed by atoms with van der Waals surface area (Å²) in [6.45, 7) is 4.95. The predicted molar refractivity (Wildman–Crippen MR) is 333 cm³/mol. The van der Waals surface area contributed by atoms with Crippen molar-refractivity contribution in [2.75, 3.05) is 13.2 Å². The molecule has 2 atom stereocenters. The zero-order valence-corrected chi connectivity index (χ0v) is 51.5. The Morgan fingerprint density at radius 3 is 1.03 bits per heavy atom. The predicted octanol–water partition coefficient (Wildman–Crippen LogP) is 22.1. The number of allylic oxidation sites excluding steroid dienone is 4. The molecule has 0 spiro atoms. The Bertz CT molecular complexity index is 1190. The van der Waals surface area contributed by atoms with Gasteiger partial charge in [0.1, 0.15) is 0 Å². The van der Waals surface area contributed by atoms with Gasteiger partial charge in [-0.05, 0) is 57.8 Å². The van der Waals surface area contributed by atoms with E-state index in [1.165, 1.54) is 302 Å². The zero-order chi connectivity index (χ0) is 55.0. The molecule has 0 aliphatic rings. The van der Waals surface area contributed by atoms with Gasteiger partial charge < -0.3 is 20.3 Å². The molecule has 0 saturated carbocycles. The quantitative estimate of drug-likeness (QED) is 0.0320. The van der Waals surface area contributed by atoms with Gasteiger partial charge in [-0.2, -0.15) is 0 Å². The highest BCUT2D eigenvalue weighted by atomic mass is 16.5. The Kier molecular flexibility index (Phi) is 64.4. The van der Waals surface area contributed by atoms with Crippen LogP contribution in [0.1, 0.15) is 386 Å². The molecule has 0 bridgehead atoms. The molecule has 0 aliphatic heterocycles. The van der Waals surface area contributed by atoms with Crippen LogP contribution in [-0.4, -0.2) is 47.4 Å². The van der Waals surface area contributed by atoms with Gasteiger partial charge in [0.2, 0.25) is 5.91 Å². The van der Waals surface area contributed by atoms with Crippen molar-refractivity contribution in [1.29, 1.82) is 0 Å². The average molecular weight is 1070 g/mol. The molecule has 1 amide bonds. The lowest BCUT2D eigenvalue weighted by Gasteiger charge is -2.22. The normalized spacial score (nSPS) is 12.6. The summed E-state index contributed by atoms with van der Waals surface area (Å²) in [7, 11) is 0. The first-order chi connectivity index (χ1) is 37.5. The Labute approximate surface area is 475 Å². The monoisotopic (exact) mass is 1070 g/mol. The summed E-state index contributed by atoms with van der Waals surface area (Å²) in [5, 5.41) is 23.3. The number of aliphatic hydroxyl groups excluding tert-OH is 2. The largest absolute Gasteiger partial charge is 0.466 e. The highest BCUT2D eigenvalue weighted by Gasteiger charge is 2.20. The van der Waals surface area contributed by atoms with Gasteiger partial charge in [0, 0.05) is 12.8 Å². The number of carbonyl (C=O) groups excluding carboxylic acids is 2.